The van der Waals surface area contributed by atoms with Crippen LogP contribution in [0, 0.1) is 6.92 Å². The highest BCUT2D eigenvalue weighted by atomic mass is 32.2. The average molecular weight is 473 g/mol. The van der Waals surface area contributed by atoms with Crippen LogP contribution in [0.15, 0.2) is 29.2 Å². The summed E-state index contributed by atoms with van der Waals surface area (Å²) in [5, 5.41) is 1.17. The molecule has 2 aromatic heterocycles. The molecule has 1 saturated heterocycles. The molecule has 2 aliphatic rings. The first kappa shape index (κ1) is 21.8. The summed E-state index contributed by atoms with van der Waals surface area (Å²) < 4.78 is 33.1. The van der Waals surface area contributed by atoms with Crippen molar-refractivity contribution in [2.75, 3.05) is 38.2 Å². The SMILES string of the molecule is COCc1nc(N2CCN(S(=O)(=O)c3ccc(C)cc3)CC2)c2c3c(sc2n1)CCCC3. The van der Waals surface area contributed by atoms with Gasteiger partial charge in [-0.1, -0.05) is 17.7 Å². The van der Waals surface area contributed by atoms with Crippen LogP contribution in [-0.2, 0) is 34.2 Å². The number of thiophene rings is 1. The first-order chi connectivity index (χ1) is 15.5. The molecule has 0 spiro atoms. The van der Waals surface area contributed by atoms with Crippen molar-refractivity contribution in [1.29, 1.82) is 0 Å². The van der Waals surface area contributed by atoms with E-state index in [1.165, 1.54) is 28.7 Å². The van der Waals surface area contributed by atoms with E-state index < -0.39 is 10.0 Å². The fraction of sp³-hybridized carbons (Fsp3) is 0.478. The first-order valence-electron chi connectivity index (χ1n) is 11.1. The maximum atomic E-state index is 13.1. The topological polar surface area (TPSA) is 75.6 Å². The van der Waals surface area contributed by atoms with Crippen molar-refractivity contribution < 1.29 is 13.2 Å². The minimum Gasteiger partial charge on any atom is -0.377 e. The largest absolute Gasteiger partial charge is 0.377 e. The molecule has 1 aliphatic heterocycles. The molecule has 0 saturated carbocycles. The monoisotopic (exact) mass is 472 g/mol. The zero-order valence-corrected chi connectivity index (χ0v) is 20.1. The van der Waals surface area contributed by atoms with Gasteiger partial charge in [0, 0.05) is 38.2 Å². The fourth-order valence-corrected chi connectivity index (χ4v) is 7.30. The van der Waals surface area contributed by atoms with E-state index in [1.54, 1.807) is 34.9 Å². The molecule has 0 unspecified atom stereocenters. The third kappa shape index (κ3) is 3.91. The zero-order chi connectivity index (χ0) is 22.3. The van der Waals surface area contributed by atoms with Crippen LogP contribution in [0.2, 0.25) is 0 Å². The van der Waals surface area contributed by atoms with E-state index in [2.05, 4.69) is 4.90 Å². The predicted octanol–water partition coefficient (Wildman–Crippen LogP) is 3.54. The van der Waals surface area contributed by atoms with Crippen LogP contribution in [0.4, 0.5) is 5.82 Å². The van der Waals surface area contributed by atoms with Crippen LogP contribution in [0.5, 0.6) is 0 Å². The number of anilines is 1. The first-order valence-corrected chi connectivity index (χ1v) is 13.3. The number of aryl methyl sites for hydroxylation is 3. The summed E-state index contributed by atoms with van der Waals surface area (Å²) in [6, 6.07) is 7.08. The lowest BCUT2D eigenvalue weighted by Gasteiger charge is -2.35. The summed E-state index contributed by atoms with van der Waals surface area (Å²) in [7, 11) is -1.84. The van der Waals surface area contributed by atoms with Crippen LogP contribution in [0.1, 0.15) is 34.7 Å². The number of hydrogen-bond acceptors (Lipinski definition) is 7. The summed E-state index contributed by atoms with van der Waals surface area (Å²) in [6.45, 7) is 4.41. The second-order valence-corrected chi connectivity index (χ2v) is 11.5. The van der Waals surface area contributed by atoms with E-state index in [-0.39, 0.29) is 0 Å². The number of methoxy groups -OCH3 is 1. The third-order valence-corrected chi connectivity index (χ3v) is 9.41. The number of nitrogens with zero attached hydrogens (tertiary/aromatic N) is 4. The fourth-order valence-electron chi connectivity index (χ4n) is 4.60. The maximum Gasteiger partial charge on any atom is 0.243 e. The molecule has 3 aromatic rings. The van der Waals surface area contributed by atoms with Gasteiger partial charge in [0.05, 0.1) is 10.3 Å². The molecular weight excluding hydrogens is 444 g/mol. The molecule has 1 aromatic carbocycles. The van der Waals surface area contributed by atoms with Crippen LogP contribution >= 0.6 is 11.3 Å². The molecule has 3 heterocycles. The number of hydrogen-bond donors (Lipinski definition) is 0. The van der Waals surface area contributed by atoms with Crippen LogP contribution in [0.25, 0.3) is 10.2 Å². The van der Waals surface area contributed by atoms with E-state index in [4.69, 9.17) is 14.7 Å². The number of rotatable bonds is 5. The number of fused-ring (bicyclic) bond motifs is 3. The number of ether oxygens (including phenoxy) is 1. The molecule has 0 atom stereocenters. The Balaban J connectivity index is 1.44. The quantitative estimate of drug-likeness (QED) is 0.565. The van der Waals surface area contributed by atoms with Crippen molar-refractivity contribution in [2.24, 2.45) is 0 Å². The molecule has 5 rings (SSSR count). The summed E-state index contributed by atoms with van der Waals surface area (Å²) in [4.78, 5) is 14.7. The number of piperazine rings is 1. The number of benzene rings is 1. The zero-order valence-electron chi connectivity index (χ0n) is 18.5. The van der Waals surface area contributed by atoms with Gasteiger partial charge in [0.25, 0.3) is 0 Å². The lowest BCUT2D eigenvalue weighted by atomic mass is 9.97. The lowest BCUT2D eigenvalue weighted by molar-refractivity contribution is 0.178. The Morgan fingerprint density at radius 3 is 2.47 bits per heavy atom. The Kier molecular flexibility index (Phi) is 5.92. The Bertz CT molecular complexity index is 1230. The van der Waals surface area contributed by atoms with Crippen molar-refractivity contribution >= 4 is 37.4 Å². The number of aromatic nitrogens is 2. The molecule has 0 bridgehead atoms. The van der Waals surface area contributed by atoms with Crippen LogP contribution in [0.3, 0.4) is 0 Å². The third-order valence-electron chi connectivity index (χ3n) is 6.31. The van der Waals surface area contributed by atoms with E-state index in [1.807, 2.05) is 19.1 Å². The minimum absolute atomic E-state index is 0.357. The number of sulfonamides is 1. The smallest absolute Gasteiger partial charge is 0.243 e. The van der Waals surface area contributed by atoms with Crippen molar-refractivity contribution in [3.05, 3.63) is 46.1 Å². The van der Waals surface area contributed by atoms with Gasteiger partial charge in [-0.05, 0) is 50.3 Å². The predicted molar refractivity (Wildman–Crippen MR) is 127 cm³/mol. The average Bonchev–Trinajstić information content (AvgIpc) is 3.17. The normalized spacial score (nSPS) is 17.6. The van der Waals surface area contributed by atoms with Crippen molar-refractivity contribution in [1.82, 2.24) is 14.3 Å². The minimum atomic E-state index is -3.49. The maximum absolute atomic E-state index is 13.1. The second-order valence-electron chi connectivity index (χ2n) is 8.49. The van der Waals surface area contributed by atoms with Gasteiger partial charge in [-0.25, -0.2) is 18.4 Å². The standard InChI is InChI=1S/C23H28N4O3S2/c1-16-7-9-17(10-8-16)32(28,29)27-13-11-26(12-14-27)22-21-18-5-3-4-6-19(18)31-23(21)25-20(24-22)15-30-2/h7-10H,3-6,11-15H2,1-2H3. The van der Waals surface area contributed by atoms with Crippen LogP contribution in [-0.4, -0.2) is 56.0 Å². The Morgan fingerprint density at radius 2 is 1.75 bits per heavy atom. The van der Waals surface area contributed by atoms with Crippen molar-refractivity contribution in [3.63, 3.8) is 0 Å². The summed E-state index contributed by atoms with van der Waals surface area (Å²) in [5.74, 6) is 1.62. The van der Waals surface area contributed by atoms with Gasteiger partial charge in [-0.15, -0.1) is 11.3 Å². The van der Waals surface area contributed by atoms with Crippen molar-refractivity contribution in [3.8, 4) is 0 Å². The Morgan fingerprint density at radius 1 is 1.03 bits per heavy atom. The summed E-state index contributed by atoms with van der Waals surface area (Å²) >= 11 is 1.78. The van der Waals surface area contributed by atoms with Gasteiger partial charge in [0.1, 0.15) is 17.3 Å². The molecular formula is C23H28N4O3S2. The summed E-state index contributed by atoms with van der Waals surface area (Å²) in [6.07, 6.45) is 4.60. The van der Waals surface area contributed by atoms with E-state index in [0.717, 1.165) is 29.1 Å². The highest BCUT2D eigenvalue weighted by Crippen LogP contribution is 2.40. The Hall–Kier alpha value is -2.07. The van der Waals surface area contributed by atoms with Gasteiger partial charge >= 0.3 is 0 Å². The molecule has 0 radical (unpaired) electrons. The van der Waals surface area contributed by atoms with Gasteiger partial charge in [0.2, 0.25) is 10.0 Å². The molecule has 0 amide bonds. The van der Waals surface area contributed by atoms with Gasteiger partial charge in [-0.2, -0.15) is 4.31 Å². The van der Waals surface area contributed by atoms with Crippen molar-refractivity contribution in [2.45, 2.75) is 44.1 Å². The molecule has 1 aliphatic carbocycles. The molecule has 32 heavy (non-hydrogen) atoms. The Labute approximate surface area is 193 Å². The van der Waals surface area contributed by atoms with E-state index >= 15 is 0 Å². The molecule has 7 nitrogen and oxygen atoms in total. The molecule has 1 fully saturated rings. The van der Waals surface area contributed by atoms with Gasteiger partial charge in [-0.3, -0.25) is 0 Å². The van der Waals surface area contributed by atoms with Crippen LogP contribution < -0.4 is 4.90 Å². The molecule has 0 N–H and O–H groups in total. The molecule has 9 heteroatoms. The second kappa shape index (κ2) is 8.70. The highest BCUT2D eigenvalue weighted by Gasteiger charge is 2.31. The van der Waals surface area contributed by atoms with E-state index in [0.29, 0.717) is 43.5 Å². The molecule has 170 valence electrons. The highest BCUT2D eigenvalue weighted by molar-refractivity contribution is 7.89. The van der Waals surface area contributed by atoms with E-state index in [9.17, 15) is 8.42 Å². The lowest BCUT2D eigenvalue weighted by Crippen LogP contribution is -2.49. The van der Waals surface area contributed by atoms with Gasteiger partial charge < -0.3 is 9.64 Å². The van der Waals surface area contributed by atoms with Gasteiger partial charge in [0.15, 0.2) is 5.82 Å². The summed E-state index contributed by atoms with van der Waals surface area (Å²) in [5.41, 5.74) is 2.44.